The molecular weight excluding hydrogens is 342 g/mol. The molecule has 2 aromatic carbocycles. The van der Waals surface area contributed by atoms with Gasteiger partial charge in [-0.1, -0.05) is 30.3 Å². The van der Waals surface area contributed by atoms with Crippen molar-refractivity contribution in [2.45, 2.75) is 20.4 Å². The number of aromatic nitrogens is 3. The van der Waals surface area contributed by atoms with Gasteiger partial charge in [0.2, 0.25) is 0 Å². The molecule has 0 aliphatic rings. The van der Waals surface area contributed by atoms with E-state index in [4.69, 9.17) is 9.15 Å². The highest BCUT2D eigenvalue weighted by molar-refractivity contribution is 5.91. The van der Waals surface area contributed by atoms with Gasteiger partial charge in [0.25, 0.3) is 0 Å². The van der Waals surface area contributed by atoms with Gasteiger partial charge in [-0.15, -0.1) is 0 Å². The zero-order valence-corrected chi connectivity index (χ0v) is 15.4. The molecule has 2 heterocycles. The largest absolute Gasteiger partial charge is 0.496 e. The Bertz CT molecular complexity index is 1180. The summed E-state index contributed by atoms with van der Waals surface area (Å²) in [7, 11) is 1.60. The Balaban J connectivity index is 1.87. The van der Waals surface area contributed by atoms with Gasteiger partial charge in [-0.2, -0.15) is 5.10 Å². The zero-order valence-electron chi connectivity index (χ0n) is 15.4. The number of rotatable bonds is 4. The molecule has 4 aromatic rings. The van der Waals surface area contributed by atoms with Crippen molar-refractivity contribution >= 4 is 11.0 Å². The summed E-state index contributed by atoms with van der Waals surface area (Å²) in [4.78, 5) is 16.5. The first-order valence-corrected chi connectivity index (χ1v) is 8.62. The number of fused-ring (bicyclic) bond motifs is 1. The molecule has 0 fully saturated rings. The Hall–Kier alpha value is -3.41. The predicted molar refractivity (Wildman–Crippen MR) is 103 cm³/mol. The molecule has 0 atom stereocenters. The molecular formula is C21H19N3O3. The second kappa shape index (κ2) is 6.72. The van der Waals surface area contributed by atoms with Crippen molar-refractivity contribution < 1.29 is 9.15 Å². The van der Waals surface area contributed by atoms with Crippen LogP contribution in [0, 0.1) is 13.8 Å². The molecule has 6 nitrogen and oxygen atoms in total. The molecule has 4 rings (SSSR count). The topological polar surface area (TPSA) is 70.2 Å². The van der Waals surface area contributed by atoms with Crippen molar-refractivity contribution in [2.75, 3.05) is 7.11 Å². The quantitative estimate of drug-likeness (QED) is 0.518. The van der Waals surface area contributed by atoms with E-state index < -0.39 is 0 Å². The minimum atomic E-state index is -0.343. The fourth-order valence-corrected chi connectivity index (χ4v) is 3.21. The van der Waals surface area contributed by atoms with Crippen molar-refractivity contribution in [1.29, 1.82) is 0 Å². The van der Waals surface area contributed by atoms with Crippen LogP contribution >= 0.6 is 0 Å². The summed E-state index contributed by atoms with van der Waals surface area (Å²) < 4.78 is 12.9. The summed E-state index contributed by atoms with van der Waals surface area (Å²) in [5.41, 5.74) is 3.47. The van der Waals surface area contributed by atoms with Crippen LogP contribution in [0.2, 0.25) is 0 Å². The second-order valence-electron chi connectivity index (χ2n) is 6.42. The van der Waals surface area contributed by atoms with Crippen molar-refractivity contribution in [3.63, 3.8) is 0 Å². The summed E-state index contributed by atoms with van der Waals surface area (Å²) in [6.07, 6.45) is 1.52. The highest BCUT2D eigenvalue weighted by Crippen LogP contribution is 2.34. The highest BCUT2D eigenvalue weighted by Gasteiger charge is 2.17. The number of hydrogen-bond acceptors (Lipinski definition) is 5. The number of hydrogen-bond donors (Lipinski definition) is 0. The first-order valence-electron chi connectivity index (χ1n) is 8.62. The lowest BCUT2D eigenvalue weighted by Crippen LogP contribution is -2.07. The molecule has 27 heavy (non-hydrogen) atoms. The molecule has 0 saturated heterocycles. The van der Waals surface area contributed by atoms with E-state index in [9.17, 15) is 4.79 Å². The normalized spacial score (nSPS) is 11.1. The van der Waals surface area contributed by atoms with Gasteiger partial charge in [0.1, 0.15) is 17.7 Å². The van der Waals surface area contributed by atoms with E-state index in [0.717, 1.165) is 22.1 Å². The summed E-state index contributed by atoms with van der Waals surface area (Å²) in [5, 5.41) is 5.14. The molecule has 2 aromatic heterocycles. The van der Waals surface area contributed by atoms with Crippen LogP contribution in [-0.2, 0) is 6.54 Å². The SMILES string of the molecule is COc1cc(-c2ncnn2Cc2ccccc2)cc2oc(=O)c(C)c(C)c12. The van der Waals surface area contributed by atoms with E-state index in [1.165, 1.54) is 6.33 Å². The molecule has 6 heteroatoms. The average molecular weight is 361 g/mol. The van der Waals surface area contributed by atoms with Crippen LogP contribution < -0.4 is 10.4 Å². The third-order valence-electron chi connectivity index (χ3n) is 4.78. The van der Waals surface area contributed by atoms with Crippen LogP contribution in [0.3, 0.4) is 0 Å². The Morgan fingerprint density at radius 1 is 1.11 bits per heavy atom. The van der Waals surface area contributed by atoms with Gasteiger partial charge in [-0.3, -0.25) is 0 Å². The summed E-state index contributed by atoms with van der Waals surface area (Å²) in [6, 6.07) is 13.8. The lowest BCUT2D eigenvalue weighted by Gasteiger charge is -2.12. The molecule has 0 radical (unpaired) electrons. The van der Waals surface area contributed by atoms with Gasteiger partial charge in [0.15, 0.2) is 5.82 Å². The highest BCUT2D eigenvalue weighted by atomic mass is 16.5. The van der Waals surface area contributed by atoms with Gasteiger partial charge in [0.05, 0.1) is 19.0 Å². The minimum Gasteiger partial charge on any atom is -0.496 e. The molecule has 0 aliphatic carbocycles. The molecule has 0 unspecified atom stereocenters. The number of aryl methyl sites for hydroxylation is 1. The summed E-state index contributed by atoms with van der Waals surface area (Å²) in [6.45, 7) is 4.24. The third kappa shape index (κ3) is 2.99. The fraction of sp³-hybridized carbons (Fsp3) is 0.190. The molecule has 0 N–H and O–H groups in total. The van der Waals surface area contributed by atoms with Crippen molar-refractivity contribution in [3.05, 3.63) is 75.9 Å². The molecule has 0 amide bonds. The standard InChI is InChI=1S/C21H19N3O3/c1-13-14(2)21(25)27-18-10-16(9-17(26-3)19(13)18)20-22-12-23-24(20)11-15-7-5-4-6-8-15/h4-10,12H,11H2,1-3H3. The third-order valence-corrected chi connectivity index (χ3v) is 4.78. The molecule has 136 valence electrons. The first kappa shape index (κ1) is 17.0. The first-order chi connectivity index (χ1) is 13.1. The van der Waals surface area contributed by atoms with Gasteiger partial charge < -0.3 is 9.15 Å². The Morgan fingerprint density at radius 2 is 1.89 bits per heavy atom. The predicted octanol–water partition coefficient (Wildman–Crippen LogP) is 3.73. The Labute approximate surface area is 156 Å². The van der Waals surface area contributed by atoms with Crippen LogP contribution in [-0.4, -0.2) is 21.9 Å². The molecule has 0 bridgehead atoms. The van der Waals surface area contributed by atoms with Gasteiger partial charge in [0, 0.05) is 11.1 Å². The Morgan fingerprint density at radius 3 is 2.63 bits per heavy atom. The molecule has 0 aliphatic heterocycles. The summed E-state index contributed by atoms with van der Waals surface area (Å²) >= 11 is 0. The van der Waals surface area contributed by atoms with Crippen LogP contribution in [0.15, 0.2) is 58.0 Å². The van der Waals surface area contributed by atoms with E-state index in [1.807, 2.05) is 54.1 Å². The fourth-order valence-electron chi connectivity index (χ4n) is 3.21. The number of ether oxygens (including phenoxy) is 1. The number of benzene rings is 2. The van der Waals surface area contributed by atoms with Crippen LogP contribution in [0.1, 0.15) is 16.7 Å². The van der Waals surface area contributed by atoms with E-state index >= 15 is 0 Å². The van der Waals surface area contributed by atoms with Crippen LogP contribution in [0.25, 0.3) is 22.4 Å². The van der Waals surface area contributed by atoms with E-state index in [0.29, 0.717) is 29.3 Å². The second-order valence-corrected chi connectivity index (χ2v) is 6.42. The van der Waals surface area contributed by atoms with E-state index in [2.05, 4.69) is 10.1 Å². The summed E-state index contributed by atoms with van der Waals surface area (Å²) in [5.74, 6) is 1.32. The van der Waals surface area contributed by atoms with E-state index in [1.54, 1.807) is 14.0 Å². The lowest BCUT2D eigenvalue weighted by atomic mass is 10.0. The Kier molecular flexibility index (Phi) is 4.24. The maximum Gasteiger partial charge on any atom is 0.339 e. The van der Waals surface area contributed by atoms with Crippen molar-refractivity contribution in [3.8, 4) is 17.1 Å². The van der Waals surface area contributed by atoms with Crippen LogP contribution in [0.5, 0.6) is 5.75 Å². The average Bonchev–Trinajstić information content (AvgIpc) is 3.14. The monoisotopic (exact) mass is 361 g/mol. The van der Waals surface area contributed by atoms with Gasteiger partial charge in [-0.25, -0.2) is 14.5 Å². The minimum absolute atomic E-state index is 0.343. The van der Waals surface area contributed by atoms with Gasteiger partial charge >= 0.3 is 5.63 Å². The van der Waals surface area contributed by atoms with E-state index in [-0.39, 0.29) is 5.63 Å². The maximum absolute atomic E-state index is 12.1. The zero-order chi connectivity index (χ0) is 19.0. The van der Waals surface area contributed by atoms with Crippen LogP contribution in [0.4, 0.5) is 0 Å². The van der Waals surface area contributed by atoms with Gasteiger partial charge in [-0.05, 0) is 37.1 Å². The maximum atomic E-state index is 12.1. The lowest BCUT2D eigenvalue weighted by molar-refractivity contribution is 0.418. The number of nitrogens with zero attached hydrogens (tertiary/aromatic N) is 3. The molecule has 0 saturated carbocycles. The smallest absolute Gasteiger partial charge is 0.339 e. The number of methoxy groups -OCH3 is 1. The van der Waals surface area contributed by atoms with Crippen molar-refractivity contribution in [1.82, 2.24) is 14.8 Å². The van der Waals surface area contributed by atoms with Crippen molar-refractivity contribution in [2.24, 2.45) is 0 Å². The molecule has 0 spiro atoms.